The number of nitrogens with one attached hydrogen (secondary N) is 2. The molecule has 0 aliphatic rings. The molecule has 1 amide bonds. The van der Waals surface area contributed by atoms with Gasteiger partial charge < -0.3 is 4.74 Å². The predicted molar refractivity (Wildman–Crippen MR) is 126 cm³/mol. The summed E-state index contributed by atoms with van der Waals surface area (Å²) in [4.78, 5) is 12.8. The number of halogens is 1. The lowest BCUT2D eigenvalue weighted by atomic mass is 10.0. The Hall–Kier alpha value is -2.23. The van der Waals surface area contributed by atoms with Gasteiger partial charge in [-0.2, -0.15) is 9.82 Å². The van der Waals surface area contributed by atoms with Crippen molar-refractivity contribution in [1.29, 1.82) is 0 Å². The molecule has 0 saturated heterocycles. The largest absolute Gasteiger partial charge is 0.493 e. The smallest absolute Gasteiger partial charge is 0.258 e. The molecule has 2 aromatic rings. The van der Waals surface area contributed by atoms with Gasteiger partial charge in [0, 0.05) is 0 Å². The lowest BCUT2D eigenvalue weighted by Gasteiger charge is -2.19. The van der Waals surface area contributed by atoms with E-state index in [-0.39, 0.29) is 10.8 Å². The molecule has 168 valence electrons. The quantitative estimate of drug-likeness (QED) is 0.373. The molecule has 0 fully saturated rings. The second-order valence-electron chi connectivity index (χ2n) is 7.47. The summed E-state index contributed by atoms with van der Waals surface area (Å²) in [5, 5.41) is 3.98. The lowest BCUT2D eigenvalue weighted by Crippen LogP contribution is -2.46. The molecule has 9 heteroatoms. The number of hydrogen-bond acceptors (Lipinski definition) is 5. The van der Waals surface area contributed by atoms with Crippen LogP contribution in [0.4, 0.5) is 0 Å². The number of rotatable bonds is 10. The van der Waals surface area contributed by atoms with E-state index in [2.05, 4.69) is 31.2 Å². The van der Waals surface area contributed by atoms with Crippen molar-refractivity contribution in [3.8, 4) is 5.75 Å². The topological polar surface area (TPSA) is 96.9 Å². The number of nitrogens with zero attached hydrogens (tertiary/aromatic N) is 1. The third kappa shape index (κ3) is 7.75. The Bertz CT molecular complexity index is 1020. The highest BCUT2D eigenvalue weighted by Gasteiger charge is 2.26. The first-order chi connectivity index (χ1) is 14.6. The molecule has 0 aromatic heterocycles. The Kier molecular flexibility index (Phi) is 9.21. The average molecular weight is 510 g/mol. The van der Waals surface area contributed by atoms with Gasteiger partial charge in [-0.1, -0.05) is 31.5 Å². The van der Waals surface area contributed by atoms with Crippen LogP contribution in [0.3, 0.4) is 0 Å². The van der Waals surface area contributed by atoms with Gasteiger partial charge in [0.15, 0.2) is 0 Å². The first kappa shape index (κ1) is 25.0. The number of ether oxygens (including phenoxy) is 1. The summed E-state index contributed by atoms with van der Waals surface area (Å²) in [6.45, 7) is 8.16. The maximum Gasteiger partial charge on any atom is 0.258 e. The van der Waals surface area contributed by atoms with Crippen molar-refractivity contribution < 1.29 is 17.9 Å². The van der Waals surface area contributed by atoms with Gasteiger partial charge >= 0.3 is 0 Å². The van der Waals surface area contributed by atoms with Crippen LogP contribution < -0.4 is 14.9 Å². The van der Waals surface area contributed by atoms with Gasteiger partial charge in [-0.15, -0.1) is 0 Å². The number of sulfonamides is 1. The summed E-state index contributed by atoms with van der Waals surface area (Å²) in [6.07, 6.45) is 1.82. The van der Waals surface area contributed by atoms with Crippen LogP contribution in [0.5, 0.6) is 5.75 Å². The standard InChI is InChI=1S/C22H28BrN3O4S/c1-5-30-21-11-8-17(13-19(21)23)14-24-25-22(27)20(12-15(2)3)26-31(28,29)18-9-6-16(4)7-10-18/h6-11,13-15,20,26H,5,12H2,1-4H3,(H,25,27)/b24-14-/t20-/m1/s1. The minimum absolute atomic E-state index is 0.0995. The number of carbonyl (C=O) groups excluding carboxylic acids is 1. The van der Waals surface area contributed by atoms with Crippen molar-refractivity contribution in [1.82, 2.24) is 10.1 Å². The monoisotopic (exact) mass is 509 g/mol. The molecule has 2 N–H and O–H groups in total. The first-order valence-electron chi connectivity index (χ1n) is 9.96. The molecule has 7 nitrogen and oxygen atoms in total. The average Bonchev–Trinajstić information content (AvgIpc) is 2.69. The van der Waals surface area contributed by atoms with Gasteiger partial charge in [0.1, 0.15) is 11.8 Å². The maximum atomic E-state index is 12.7. The van der Waals surface area contributed by atoms with Gasteiger partial charge in [0.05, 0.1) is 22.2 Å². The minimum Gasteiger partial charge on any atom is -0.493 e. The van der Waals surface area contributed by atoms with Crippen molar-refractivity contribution in [3.63, 3.8) is 0 Å². The molecule has 2 aromatic carbocycles. The summed E-state index contributed by atoms with van der Waals surface area (Å²) in [5.74, 6) is 0.291. The number of aryl methyl sites for hydroxylation is 1. The van der Waals surface area contributed by atoms with Crippen LogP contribution in [0, 0.1) is 12.8 Å². The number of hydrogen-bond donors (Lipinski definition) is 2. The zero-order valence-corrected chi connectivity index (χ0v) is 20.5. The number of hydrazone groups is 1. The van der Waals surface area contributed by atoms with Gasteiger partial charge in [0.25, 0.3) is 5.91 Å². The molecule has 0 aliphatic heterocycles. The van der Waals surface area contributed by atoms with Crippen LogP contribution >= 0.6 is 15.9 Å². The molecule has 0 unspecified atom stereocenters. The van der Waals surface area contributed by atoms with Gasteiger partial charge in [0.2, 0.25) is 10.0 Å². The van der Waals surface area contributed by atoms with Crippen molar-refractivity contribution >= 4 is 38.1 Å². The molecule has 0 aliphatic carbocycles. The second kappa shape index (κ2) is 11.4. The molecule has 0 spiro atoms. The number of amides is 1. The highest BCUT2D eigenvalue weighted by molar-refractivity contribution is 9.10. The molecular formula is C22H28BrN3O4S. The fraction of sp³-hybridized carbons (Fsp3) is 0.364. The summed E-state index contributed by atoms with van der Waals surface area (Å²) in [6, 6.07) is 10.9. The molecular weight excluding hydrogens is 482 g/mol. The normalized spacial score (nSPS) is 12.8. The van der Waals surface area contributed by atoms with Crippen LogP contribution in [-0.2, 0) is 14.8 Å². The lowest BCUT2D eigenvalue weighted by molar-refractivity contribution is -0.123. The van der Waals surface area contributed by atoms with E-state index in [4.69, 9.17) is 4.74 Å². The van der Waals surface area contributed by atoms with Crippen molar-refractivity contribution in [2.75, 3.05) is 6.61 Å². The van der Waals surface area contributed by atoms with Crippen LogP contribution in [0.15, 0.2) is 56.9 Å². The fourth-order valence-electron chi connectivity index (χ4n) is 2.77. The highest BCUT2D eigenvalue weighted by Crippen LogP contribution is 2.25. The van der Waals surface area contributed by atoms with E-state index in [1.807, 2.05) is 33.8 Å². The van der Waals surface area contributed by atoms with E-state index >= 15 is 0 Å². The highest BCUT2D eigenvalue weighted by atomic mass is 79.9. The van der Waals surface area contributed by atoms with E-state index in [1.165, 1.54) is 18.3 Å². The molecule has 0 bridgehead atoms. The Labute approximate surface area is 192 Å². The van der Waals surface area contributed by atoms with Crippen LogP contribution in [-0.4, -0.2) is 33.2 Å². The Morgan fingerprint density at radius 3 is 2.45 bits per heavy atom. The maximum absolute atomic E-state index is 12.7. The zero-order chi connectivity index (χ0) is 23.0. The molecule has 0 saturated carbocycles. The van der Waals surface area contributed by atoms with E-state index in [1.54, 1.807) is 24.3 Å². The molecule has 2 rings (SSSR count). The first-order valence-corrected chi connectivity index (χ1v) is 12.2. The Morgan fingerprint density at radius 2 is 1.87 bits per heavy atom. The van der Waals surface area contributed by atoms with E-state index in [9.17, 15) is 13.2 Å². The SMILES string of the molecule is CCOc1ccc(/C=N\NC(=O)[C@@H](CC(C)C)NS(=O)(=O)c2ccc(C)cc2)cc1Br. The zero-order valence-electron chi connectivity index (χ0n) is 18.1. The summed E-state index contributed by atoms with van der Waals surface area (Å²) in [5.41, 5.74) is 4.13. The molecule has 0 radical (unpaired) electrons. The van der Waals surface area contributed by atoms with Crippen LogP contribution in [0.2, 0.25) is 0 Å². The van der Waals surface area contributed by atoms with Crippen molar-refractivity contribution in [2.45, 2.75) is 45.1 Å². The third-order valence-electron chi connectivity index (χ3n) is 4.30. The van der Waals surface area contributed by atoms with E-state index in [0.717, 1.165) is 15.6 Å². The van der Waals surface area contributed by atoms with Gasteiger partial charge in [-0.25, -0.2) is 13.8 Å². The molecule has 0 heterocycles. The second-order valence-corrected chi connectivity index (χ2v) is 10.0. The minimum atomic E-state index is -3.84. The molecule has 1 atom stereocenters. The Balaban J connectivity index is 2.09. The van der Waals surface area contributed by atoms with Crippen molar-refractivity contribution in [2.24, 2.45) is 11.0 Å². The summed E-state index contributed by atoms with van der Waals surface area (Å²) >= 11 is 3.43. The van der Waals surface area contributed by atoms with E-state index in [0.29, 0.717) is 18.8 Å². The number of carbonyl (C=O) groups is 1. The predicted octanol–water partition coefficient (Wildman–Crippen LogP) is 4.00. The number of benzene rings is 2. The van der Waals surface area contributed by atoms with Crippen LogP contribution in [0.1, 0.15) is 38.3 Å². The van der Waals surface area contributed by atoms with Gasteiger partial charge in [-0.3, -0.25) is 4.79 Å². The summed E-state index contributed by atoms with van der Waals surface area (Å²) < 4.78 is 34.2. The molecule has 31 heavy (non-hydrogen) atoms. The Morgan fingerprint density at radius 1 is 1.19 bits per heavy atom. The van der Waals surface area contributed by atoms with Crippen molar-refractivity contribution in [3.05, 3.63) is 58.1 Å². The van der Waals surface area contributed by atoms with E-state index < -0.39 is 22.0 Å². The summed E-state index contributed by atoms with van der Waals surface area (Å²) in [7, 11) is -3.84. The van der Waals surface area contributed by atoms with Crippen LogP contribution in [0.25, 0.3) is 0 Å². The fourth-order valence-corrected chi connectivity index (χ4v) is 4.49. The third-order valence-corrected chi connectivity index (χ3v) is 6.40. The van der Waals surface area contributed by atoms with Gasteiger partial charge in [-0.05, 0) is 78.0 Å².